The van der Waals surface area contributed by atoms with Gasteiger partial charge in [0.2, 0.25) is 10.0 Å². The van der Waals surface area contributed by atoms with E-state index in [4.69, 9.17) is 11.1 Å². The Labute approximate surface area is 125 Å². The molecule has 1 aliphatic rings. The van der Waals surface area contributed by atoms with Crippen molar-refractivity contribution in [3.05, 3.63) is 30.1 Å². The first-order valence-corrected chi connectivity index (χ1v) is 8.66. The van der Waals surface area contributed by atoms with Gasteiger partial charge in [-0.3, -0.25) is 10.4 Å². The summed E-state index contributed by atoms with van der Waals surface area (Å²) in [4.78, 5) is 3.92. The second-order valence-electron chi connectivity index (χ2n) is 5.79. The fraction of sp³-hybridized carbons (Fsp3) is 0.571. The Balaban J connectivity index is 1.94. The lowest BCUT2D eigenvalue weighted by atomic mass is 9.80. The van der Waals surface area contributed by atoms with Crippen LogP contribution in [0.1, 0.15) is 25.3 Å². The minimum atomic E-state index is -3.26. The molecule has 6 nitrogen and oxygen atoms in total. The highest BCUT2D eigenvalue weighted by molar-refractivity contribution is 7.89. The van der Waals surface area contributed by atoms with Crippen LogP contribution in [0.2, 0.25) is 0 Å². The summed E-state index contributed by atoms with van der Waals surface area (Å²) < 4.78 is 26.3. The highest BCUT2D eigenvalue weighted by Gasteiger charge is 2.36. The van der Waals surface area contributed by atoms with Crippen LogP contribution in [0.15, 0.2) is 24.5 Å². The molecule has 0 spiro atoms. The first-order valence-electron chi connectivity index (χ1n) is 7.05. The van der Waals surface area contributed by atoms with Gasteiger partial charge in [0.15, 0.2) is 0 Å². The van der Waals surface area contributed by atoms with Gasteiger partial charge in [-0.2, -0.15) is 0 Å². The third kappa shape index (κ3) is 3.79. The van der Waals surface area contributed by atoms with Crippen LogP contribution in [0.3, 0.4) is 0 Å². The SMILES string of the molecule is CC1(C(=N)N)CCN(S(=O)(=O)CCc2ccncc2)CC1. The van der Waals surface area contributed by atoms with Crippen LogP contribution < -0.4 is 5.73 Å². The van der Waals surface area contributed by atoms with Crippen molar-refractivity contribution in [1.29, 1.82) is 5.41 Å². The molecule has 3 N–H and O–H groups in total. The smallest absolute Gasteiger partial charge is 0.214 e. The number of nitrogens with zero attached hydrogens (tertiary/aromatic N) is 2. The van der Waals surface area contributed by atoms with E-state index >= 15 is 0 Å². The topological polar surface area (TPSA) is 100 Å². The van der Waals surface area contributed by atoms with E-state index in [2.05, 4.69) is 4.98 Å². The van der Waals surface area contributed by atoms with Crippen molar-refractivity contribution >= 4 is 15.9 Å². The predicted molar refractivity (Wildman–Crippen MR) is 82.6 cm³/mol. The van der Waals surface area contributed by atoms with Crippen molar-refractivity contribution < 1.29 is 8.42 Å². The molecule has 0 radical (unpaired) electrons. The first-order chi connectivity index (χ1) is 9.83. The number of amidine groups is 1. The average molecular weight is 310 g/mol. The molecule has 0 atom stereocenters. The van der Waals surface area contributed by atoms with Gasteiger partial charge >= 0.3 is 0 Å². The summed E-state index contributed by atoms with van der Waals surface area (Å²) in [6.07, 6.45) is 5.04. The number of pyridine rings is 1. The number of sulfonamides is 1. The standard InChI is InChI=1S/C14H22N4O2S/c1-14(13(15)16)5-9-18(10-6-14)21(19,20)11-4-12-2-7-17-8-3-12/h2-3,7-8H,4-6,9-11H2,1H3,(H3,15,16). The van der Waals surface area contributed by atoms with E-state index in [0.717, 1.165) is 5.56 Å². The molecular formula is C14H22N4O2S. The molecule has 1 saturated heterocycles. The molecule has 0 aliphatic carbocycles. The molecule has 21 heavy (non-hydrogen) atoms. The first kappa shape index (κ1) is 15.9. The van der Waals surface area contributed by atoms with Gasteiger partial charge in [-0.15, -0.1) is 0 Å². The Morgan fingerprint density at radius 1 is 1.38 bits per heavy atom. The number of piperidine rings is 1. The summed E-state index contributed by atoms with van der Waals surface area (Å²) in [6.45, 7) is 2.81. The predicted octanol–water partition coefficient (Wildman–Crippen LogP) is 0.992. The molecule has 1 fully saturated rings. The summed E-state index contributed by atoms with van der Waals surface area (Å²) in [6, 6.07) is 3.66. The number of aromatic nitrogens is 1. The van der Waals surface area contributed by atoms with E-state index < -0.39 is 10.0 Å². The lowest BCUT2D eigenvalue weighted by Gasteiger charge is -2.37. The molecular weight excluding hydrogens is 288 g/mol. The normalized spacial score (nSPS) is 19.3. The largest absolute Gasteiger partial charge is 0.387 e. The van der Waals surface area contributed by atoms with Crippen LogP contribution in [-0.2, 0) is 16.4 Å². The summed E-state index contributed by atoms with van der Waals surface area (Å²) in [7, 11) is -3.26. The summed E-state index contributed by atoms with van der Waals surface area (Å²) >= 11 is 0. The van der Waals surface area contributed by atoms with Crippen LogP contribution in [0, 0.1) is 10.8 Å². The number of aryl methyl sites for hydroxylation is 1. The van der Waals surface area contributed by atoms with Gasteiger partial charge in [0.25, 0.3) is 0 Å². The quantitative estimate of drug-likeness (QED) is 0.625. The zero-order valence-electron chi connectivity index (χ0n) is 12.2. The van der Waals surface area contributed by atoms with E-state index in [1.165, 1.54) is 4.31 Å². The van der Waals surface area contributed by atoms with Crippen LogP contribution in [-0.4, -0.2) is 42.4 Å². The van der Waals surface area contributed by atoms with Crippen LogP contribution >= 0.6 is 0 Å². The van der Waals surface area contributed by atoms with Crippen LogP contribution in [0.4, 0.5) is 0 Å². The fourth-order valence-electron chi connectivity index (χ4n) is 2.45. The van der Waals surface area contributed by atoms with Crippen LogP contribution in [0.25, 0.3) is 0 Å². The maximum atomic E-state index is 12.4. The molecule has 1 aromatic heterocycles. The Kier molecular flexibility index (Phi) is 4.63. The van der Waals surface area contributed by atoms with Gasteiger partial charge in [0.1, 0.15) is 0 Å². The van der Waals surface area contributed by atoms with Crippen molar-refractivity contribution in [2.45, 2.75) is 26.2 Å². The van der Waals surface area contributed by atoms with Gasteiger partial charge in [0, 0.05) is 30.9 Å². The van der Waals surface area contributed by atoms with Crippen molar-refractivity contribution in [1.82, 2.24) is 9.29 Å². The maximum Gasteiger partial charge on any atom is 0.214 e. The van der Waals surface area contributed by atoms with Gasteiger partial charge in [-0.05, 0) is 37.0 Å². The fourth-order valence-corrected chi connectivity index (χ4v) is 3.94. The molecule has 2 rings (SSSR count). The van der Waals surface area contributed by atoms with E-state index in [1.807, 2.05) is 19.1 Å². The second-order valence-corrected chi connectivity index (χ2v) is 7.88. The Hall–Kier alpha value is -1.47. The molecule has 0 amide bonds. The molecule has 2 heterocycles. The lowest BCUT2D eigenvalue weighted by Crippen LogP contribution is -2.47. The average Bonchev–Trinajstić information content (AvgIpc) is 2.47. The van der Waals surface area contributed by atoms with Crippen molar-refractivity contribution in [3.8, 4) is 0 Å². The molecule has 0 saturated carbocycles. The lowest BCUT2D eigenvalue weighted by molar-refractivity contribution is 0.240. The van der Waals surface area contributed by atoms with Gasteiger partial charge in [-0.25, -0.2) is 12.7 Å². The summed E-state index contributed by atoms with van der Waals surface area (Å²) in [5.41, 5.74) is 6.21. The minimum Gasteiger partial charge on any atom is -0.387 e. The molecule has 0 aromatic carbocycles. The maximum absolute atomic E-state index is 12.4. The Morgan fingerprint density at radius 2 is 1.95 bits per heavy atom. The van der Waals surface area contributed by atoms with Gasteiger partial charge in [0.05, 0.1) is 11.6 Å². The Morgan fingerprint density at radius 3 is 2.48 bits per heavy atom. The molecule has 116 valence electrons. The van der Waals surface area contributed by atoms with Crippen molar-refractivity contribution in [2.75, 3.05) is 18.8 Å². The van der Waals surface area contributed by atoms with E-state index in [0.29, 0.717) is 32.4 Å². The molecule has 1 aliphatic heterocycles. The monoisotopic (exact) mass is 310 g/mol. The van der Waals surface area contributed by atoms with Crippen molar-refractivity contribution in [2.24, 2.45) is 11.1 Å². The summed E-state index contributed by atoms with van der Waals surface area (Å²) in [5.74, 6) is 0.254. The van der Waals surface area contributed by atoms with Gasteiger partial charge < -0.3 is 5.73 Å². The van der Waals surface area contributed by atoms with Crippen LogP contribution in [0.5, 0.6) is 0 Å². The number of hydrogen-bond donors (Lipinski definition) is 2. The Bertz CT molecular complexity index is 593. The number of rotatable bonds is 5. The number of hydrogen-bond acceptors (Lipinski definition) is 4. The zero-order chi connectivity index (χ0) is 15.5. The highest BCUT2D eigenvalue weighted by atomic mass is 32.2. The number of nitrogens with two attached hydrogens (primary N) is 1. The molecule has 0 bridgehead atoms. The minimum absolute atomic E-state index is 0.105. The summed E-state index contributed by atoms with van der Waals surface area (Å²) in [5, 5.41) is 7.60. The van der Waals surface area contributed by atoms with E-state index in [-0.39, 0.29) is 17.0 Å². The second kappa shape index (κ2) is 6.11. The van der Waals surface area contributed by atoms with Gasteiger partial charge in [-0.1, -0.05) is 6.92 Å². The molecule has 0 unspecified atom stereocenters. The third-order valence-electron chi connectivity index (χ3n) is 4.27. The van der Waals surface area contributed by atoms with E-state index in [9.17, 15) is 8.42 Å². The molecule has 1 aromatic rings. The zero-order valence-corrected chi connectivity index (χ0v) is 13.1. The van der Waals surface area contributed by atoms with E-state index in [1.54, 1.807) is 12.4 Å². The number of nitrogens with one attached hydrogen (secondary N) is 1. The third-order valence-corrected chi connectivity index (χ3v) is 6.14. The molecule has 7 heteroatoms. The highest BCUT2D eigenvalue weighted by Crippen LogP contribution is 2.31. The van der Waals surface area contributed by atoms with Crippen molar-refractivity contribution in [3.63, 3.8) is 0 Å².